The van der Waals surface area contributed by atoms with Crippen LogP contribution in [0.4, 0.5) is 0 Å². The van der Waals surface area contributed by atoms with E-state index in [0.29, 0.717) is 11.3 Å². The predicted molar refractivity (Wildman–Crippen MR) is 67.7 cm³/mol. The molecule has 0 fully saturated rings. The van der Waals surface area contributed by atoms with Crippen LogP contribution >= 0.6 is 0 Å². The molecule has 2 N–H and O–H groups in total. The van der Waals surface area contributed by atoms with Crippen molar-refractivity contribution in [1.82, 2.24) is 0 Å². The molecular formula is C14H25N. The molecule has 0 radical (unpaired) electrons. The van der Waals surface area contributed by atoms with Crippen molar-refractivity contribution in [3.8, 4) is 0 Å². The summed E-state index contributed by atoms with van der Waals surface area (Å²) in [6.07, 6.45) is 15.4. The lowest BCUT2D eigenvalue weighted by atomic mass is 9.66. The van der Waals surface area contributed by atoms with Crippen molar-refractivity contribution >= 4 is 0 Å². The predicted octanol–water partition coefficient (Wildman–Crippen LogP) is 3.66. The maximum absolute atomic E-state index is 5.71. The molecule has 0 aromatic heterocycles. The molecule has 0 bridgehead atoms. The van der Waals surface area contributed by atoms with Gasteiger partial charge in [0.05, 0.1) is 0 Å². The van der Waals surface area contributed by atoms with Gasteiger partial charge >= 0.3 is 0 Å². The quantitative estimate of drug-likeness (QED) is 0.706. The lowest BCUT2D eigenvalue weighted by Crippen LogP contribution is -2.30. The summed E-state index contributed by atoms with van der Waals surface area (Å²) in [6, 6.07) is 0. The molecule has 0 heterocycles. The Kier molecular flexibility index (Phi) is 5.10. The topological polar surface area (TPSA) is 26.0 Å². The van der Waals surface area contributed by atoms with Crippen molar-refractivity contribution in [2.75, 3.05) is 6.54 Å². The number of allylic oxidation sites excluding steroid dienone is 4. The Hall–Kier alpha value is -0.560. The van der Waals surface area contributed by atoms with Gasteiger partial charge in [-0.2, -0.15) is 0 Å². The van der Waals surface area contributed by atoms with Crippen molar-refractivity contribution in [2.45, 2.75) is 46.0 Å². The number of hydrogen-bond acceptors (Lipinski definition) is 1. The third-order valence-corrected chi connectivity index (χ3v) is 3.53. The van der Waals surface area contributed by atoms with Gasteiger partial charge in [0.2, 0.25) is 0 Å². The first kappa shape index (κ1) is 12.5. The van der Waals surface area contributed by atoms with Gasteiger partial charge in [0, 0.05) is 0 Å². The molecule has 15 heavy (non-hydrogen) atoms. The van der Waals surface area contributed by atoms with E-state index in [1.54, 1.807) is 0 Å². The standard InChI is InChI=1S/C14H25N/c1-3-9-14(10-4-2)11-6-5-7-13(14)8-12-15/h5-7,11,13H,3-4,8-10,12,15H2,1-2H3. The molecule has 1 unspecified atom stereocenters. The Morgan fingerprint density at radius 1 is 1.13 bits per heavy atom. The SMILES string of the molecule is CCCC1(CCC)C=CC=CC1CCN. The van der Waals surface area contributed by atoms with Crippen LogP contribution in [0.5, 0.6) is 0 Å². The first-order chi connectivity index (χ1) is 7.29. The van der Waals surface area contributed by atoms with Gasteiger partial charge in [-0.1, -0.05) is 51.0 Å². The summed E-state index contributed by atoms with van der Waals surface area (Å²) in [5.74, 6) is 0.660. The van der Waals surface area contributed by atoms with E-state index in [-0.39, 0.29) is 0 Å². The summed E-state index contributed by atoms with van der Waals surface area (Å²) in [5, 5.41) is 0. The van der Waals surface area contributed by atoms with E-state index in [9.17, 15) is 0 Å². The van der Waals surface area contributed by atoms with Crippen LogP contribution in [0.1, 0.15) is 46.0 Å². The molecule has 0 aliphatic heterocycles. The van der Waals surface area contributed by atoms with E-state index >= 15 is 0 Å². The highest BCUT2D eigenvalue weighted by atomic mass is 14.5. The monoisotopic (exact) mass is 207 g/mol. The van der Waals surface area contributed by atoms with Crippen LogP contribution in [-0.2, 0) is 0 Å². The zero-order chi connectivity index (χ0) is 11.1. The maximum Gasteiger partial charge on any atom is -0.00520 e. The lowest BCUT2D eigenvalue weighted by Gasteiger charge is -2.39. The third-order valence-electron chi connectivity index (χ3n) is 3.53. The molecule has 0 amide bonds. The van der Waals surface area contributed by atoms with Gasteiger partial charge < -0.3 is 5.73 Å². The fraction of sp³-hybridized carbons (Fsp3) is 0.714. The molecule has 1 atom stereocenters. The van der Waals surface area contributed by atoms with Gasteiger partial charge in [-0.05, 0) is 37.1 Å². The smallest absolute Gasteiger partial charge is 0.00520 e. The molecule has 0 spiro atoms. The maximum atomic E-state index is 5.71. The Morgan fingerprint density at radius 2 is 1.80 bits per heavy atom. The van der Waals surface area contributed by atoms with E-state index in [1.807, 2.05) is 0 Å². The highest BCUT2D eigenvalue weighted by Crippen LogP contribution is 2.43. The summed E-state index contributed by atoms with van der Waals surface area (Å²) in [5.41, 5.74) is 6.12. The van der Waals surface area contributed by atoms with E-state index in [4.69, 9.17) is 5.73 Å². The van der Waals surface area contributed by atoms with Gasteiger partial charge in [-0.15, -0.1) is 0 Å². The van der Waals surface area contributed by atoms with Crippen molar-refractivity contribution in [1.29, 1.82) is 0 Å². The van der Waals surface area contributed by atoms with Crippen LogP contribution < -0.4 is 5.73 Å². The molecule has 1 aliphatic carbocycles. The second-order valence-electron chi connectivity index (χ2n) is 4.66. The minimum Gasteiger partial charge on any atom is -0.330 e. The van der Waals surface area contributed by atoms with Crippen LogP contribution in [-0.4, -0.2) is 6.54 Å². The van der Waals surface area contributed by atoms with Gasteiger partial charge in [0.1, 0.15) is 0 Å². The normalized spacial score (nSPS) is 23.3. The van der Waals surface area contributed by atoms with E-state index < -0.39 is 0 Å². The molecule has 1 aliphatic rings. The molecule has 1 nitrogen and oxygen atoms in total. The average molecular weight is 207 g/mol. The first-order valence-corrected chi connectivity index (χ1v) is 6.35. The summed E-state index contributed by atoms with van der Waals surface area (Å²) in [6.45, 7) is 5.37. The van der Waals surface area contributed by atoms with E-state index in [2.05, 4.69) is 38.2 Å². The van der Waals surface area contributed by atoms with Crippen LogP contribution in [0.3, 0.4) is 0 Å². The lowest BCUT2D eigenvalue weighted by molar-refractivity contribution is 0.217. The fourth-order valence-electron chi connectivity index (χ4n) is 2.92. The molecule has 1 heteroatoms. The average Bonchev–Trinajstić information content (AvgIpc) is 2.23. The third kappa shape index (κ3) is 2.94. The number of hydrogen-bond donors (Lipinski definition) is 1. The van der Waals surface area contributed by atoms with Crippen LogP contribution in [0.2, 0.25) is 0 Å². The highest BCUT2D eigenvalue weighted by Gasteiger charge is 2.33. The highest BCUT2D eigenvalue weighted by molar-refractivity contribution is 5.20. The number of nitrogens with two attached hydrogens (primary N) is 1. The van der Waals surface area contributed by atoms with E-state index in [1.165, 1.54) is 25.7 Å². The first-order valence-electron chi connectivity index (χ1n) is 6.35. The Bertz CT molecular complexity index is 221. The molecule has 86 valence electrons. The van der Waals surface area contributed by atoms with Crippen LogP contribution in [0, 0.1) is 11.3 Å². The Labute approximate surface area is 94.4 Å². The molecule has 0 saturated carbocycles. The molecule has 1 rings (SSSR count). The second kappa shape index (κ2) is 6.12. The van der Waals surface area contributed by atoms with Crippen molar-refractivity contribution in [3.63, 3.8) is 0 Å². The van der Waals surface area contributed by atoms with E-state index in [0.717, 1.165) is 13.0 Å². The second-order valence-corrected chi connectivity index (χ2v) is 4.66. The summed E-state index contributed by atoms with van der Waals surface area (Å²) < 4.78 is 0. The van der Waals surface area contributed by atoms with Crippen molar-refractivity contribution in [3.05, 3.63) is 24.3 Å². The molecular weight excluding hydrogens is 182 g/mol. The van der Waals surface area contributed by atoms with Gasteiger partial charge in [-0.3, -0.25) is 0 Å². The van der Waals surface area contributed by atoms with Gasteiger partial charge in [0.25, 0.3) is 0 Å². The Morgan fingerprint density at radius 3 is 2.33 bits per heavy atom. The van der Waals surface area contributed by atoms with Gasteiger partial charge in [-0.25, -0.2) is 0 Å². The zero-order valence-corrected chi connectivity index (χ0v) is 10.2. The number of rotatable bonds is 6. The van der Waals surface area contributed by atoms with Crippen molar-refractivity contribution < 1.29 is 0 Å². The van der Waals surface area contributed by atoms with Crippen LogP contribution in [0.25, 0.3) is 0 Å². The van der Waals surface area contributed by atoms with Crippen molar-refractivity contribution in [2.24, 2.45) is 17.1 Å². The molecule has 0 aromatic rings. The minimum absolute atomic E-state index is 0.400. The minimum atomic E-state index is 0.400. The largest absolute Gasteiger partial charge is 0.330 e. The summed E-state index contributed by atoms with van der Waals surface area (Å²) in [4.78, 5) is 0. The molecule has 0 aromatic carbocycles. The van der Waals surface area contributed by atoms with Crippen LogP contribution in [0.15, 0.2) is 24.3 Å². The zero-order valence-electron chi connectivity index (χ0n) is 10.2. The van der Waals surface area contributed by atoms with Gasteiger partial charge in [0.15, 0.2) is 0 Å². The summed E-state index contributed by atoms with van der Waals surface area (Å²) in [7, 11) is 0. The molecule has 0 saturated heterocycles. The Balaban J connectivity index is 2.80. The summed E-state index contributed by atoms with van der Waals surface area (Å²) >= 11 is 0. The fourth-order valence-corrected chi connectivity index (χ4v) is 2.92.